The van der Waals surface area contributed by atoms with E-state index in [1.165, 1.54) is 31.7 Å². The Labute approximate surface area is 148 Å². The second kappa shape index (κ2) is 9.88. The number of rotatable bonds is 6. The van der Waals surface area contributed by atoms with Crippen LogP contribution in [0.3, 0.4) is 0 Å². The molecule has 3 unspecified atom stereocenters. The molecule has 3 atom stereocenters. The van der Waals surface area contributed by atoms with Crippen LogP contribution in [0, 0.1) is 5.92 Å². The minimum atomic E-state index is -0.176. The van der Waals surface area contributed by atoms with Gasteiger partial charge in [-0.05, 0) is 18.8 Å². The van der Waals surface area contributed by atoms with Crippen LogP contribution < -0.4 is 16.0 Å². The lowest BCUT2D eigenvalue weighted by Crippen LogP contribution is -2.51. The van der Waals surface area contributed by atoms with Gasteiger partial charge in [0.2, 0.25) is 0 Å². The number of hydrogen-bond donors (Lipinski definition) is 3. The second-order valence-electron chi connectivity index (χ2n) is 6.14. The zero-order valence-corrected chi connectivity index (χ0v) is 14.6. The standard InChI is InChI=1S/C16H25N5O2.ClH/c22-16(14-10-17-4-5-19-14)21-7-6-18-13-3-1-2-12(13)15-11-23-9-8-20-15;/h4-5,10,12-13,15,18,20H,1-3,6-9,11H2,(H,21,22);1H. The lowest BCUT2D eigenvalue weighted by Gasteiger charge is -2.33. The maximum Gasteiger partial charge on any atom is 0.271 e. The summed E-state index contributed by atoms with van der Waals surface area (Å²) in [6, 6.07) is 0.959. The third-order valence-electron chi connectivity index (χ3n) is 4.65. The number of ether oxygens (including phenoxy) is 1. The molecular weight excluding hydrogens is 330 g/mol. The van der Waals surface area contributed by atoms with Crippen molar-refractivity contribution in [1.82, 2.24) is 25.9 Å². The lowest BCUT2D eigenvalue weighted by molar-refractivity contribution is 0.0526. The molecule has 0 radical (unpaired) electrons. The fourth-order valence-corrected chi connectivity index (χ4v) is 3.52. The van der Waals surface area contributed by atoms with Crippen molar-refractivity contribution >= 4 is 18.3 Å². The number of nitrogens with zero attached hydrogens (tertiary/aromatic N) is 2. The van der Waals surface area contributed by atoms with E-state index in [0.29, 0.717) is 30.2 Å². The van der Waals surface area contributed by atoms with Crippen LogP contribution >= 0.6 is 12.4 Å². The molecule has 8 heteroatoms. The zero-order chi connectivity index (χ0) is 15.9. The summed E-state index contributed by atoms with van der Waals surface area (Å²) < 4.78 is 5.59. The van der Waals surface area contributed by atoms with Crippen LogP contribution in [0.1, 0.15) is 29.8 Å². The highest BCUT2D eigenvalue weighted by Gasteiger charge is 2.34. The summed E-state index contributed by atoms with van der Waals surface area (Å²) in [5.41, 5.74) is 0.356. The van der Waals surface area contributed by atoms with Crippen molar-refractivity contribution in [1.29, 1.82) is 0 Å². The van der Waals surface area contributed by atoms with E-state index in [0.717, 1.165) is 26.3 Å². The van der Waals surface area contributed by atoms with Gasteiger partial charge in [0.25, 0.3) is 5.91 Å². The van der Waals surface area contributed by atoms with Gasteiger partial charge in [-0.3, -0.25) is 9.78 Å². The Morgan fingerprint density at radius 1 is 1.33 bits per heavy atom. The van der Waals surface area contributed by atoms with Crippen LogP contribution in [0.4, 0.5) is 0 Å². The second-order valence-corrected chi connectivity index (χ2v) is 6.14. The summed E-state index contributed by atoms with van der Waals surface area (Å²) >= 11 is 0. The number of halogens is 1. The van der Waals surface area contributed by atoms with Crippen LogP contribution in [-0.4, -0.2) is 60.8 Å². The van der Waals surface area contributed by atoms with E-state index in [2.05, 4.69) is 25.9 Å². The van der Waals surface area contributed by atoms with Crippen molar-refractivity contribution in [2.24, 2.45) is 5.92 Å². The van der Waals surface area contributed by atoms with E-state index in [4.69, 9.17) is 4.74 Å². The molecule has 1 aliphatic heterocycles. The van der Waals surface area contributed by atoms with Gasteiger partial charge in [0.1, 0.15) is 5.69 Å². The SMILES string of the molecule is Cl.O=C(NCCNC1CCCC1C1COCCN1)c1cnccn1. The molecule has 3 N–H and O–H groups in total. The number of carbonyl (C=O) groups is 1. The summed E-state index contributed by atoms with van der Waals surface area (Å²) in [4.78, 5) is 19.8. The summed E-state index contributed by atoms with van der Waals surface area (Å²) in [6.45, 7) is 3.93. The highest BCUT2D eigenvalue weighted by molar-refractivity contribution is 5.91. The maximum atomic E-state index is 11.9. The molecule has 7 nitrogen and oxygen atoms in total. The highest BCUT2D eigenvalue weighted by Crippen LogP contribution is 2.29. The predicted octanol–water partition coefficient (Wildman–Crippen LogP) is 0.375. The minimum Gasteiger partial charge on any atom is -0.379 e. The van der Waals surface area contributed by atoms with Crippen LogP contribution in [0.15, 0.2) is 18.6 Å². The molecule has 3 rings (SSSR count). The van der Waals surface area contributed by atoms with E-state index in [1.54, 1.807) is 6.20 Å². The van der Waals surface area contributed by atoms with Crippen molar-refractivity contribution < 1.29 is 9.53 Å². The van der Waals surface area contributed by atoms with E-state index < -0.39 is 0 Å². The molecule has 24 heavy (non-hydrogen) atoms. The van der Waals surface area contributed by atoms with Crippen molar-refractivity contribution in [3.63, 3.8) is 0 Å². The van der Waals surface area contributed by atoms with Gasteiger partial charge in [-0.15, -0.1) is 12.4 Å². The van der Waals surface area contributed by atoms with Crippen LogP contribution in [0.5, 0.6) is 0 Å². The molecule has 1 saturated heterocycles. The first kappa shape index (κ1) is 19.1. The average molecular weight is 356 g/mol. The normalized spacial score (nSPS) is 26.6. The quantitative estimate of drug-likeness (QED) is 0.639. The van der Waals surface area contributed by atoms with Gasteiger partial charge in [-0.2, -0.15) is 0 Å². The van der Waals surface area contributed by atoms with E-state index >= 15 is 0 Å². The lowest BCUT2D eigenvalue weighted by atomic mass is 9.94. The number of nitrogens with one attached hydrogen (secondary N) is 3. The van der Waals surface area contributed by atoms with Gasteiger partial charge >= 0.3 is 0 Å². The predicted molar refractivity (Wildman–Crippen MR) is 93.4 cm³/mol. The van der Waals surface area contributed by atoms with E-state index in [-0.39, 0.29) is 18.3 Å². The Morgan fingerprint density at radius 3 is 3.00 bits per heavy atom. The fraction of sp³-hybridized carbons (Fsp3) is 0.688. The first-order chi connectivity index (χ1) is 11.3. The molecule has 2 aliphatic rings. The smallest absolute Gasteiger partial charge is 0.271 e. The topological polar surface area (TPSA) is 88.2 Å². The largest absolute Gasteiger partial charge is 0.379 e. The Morgan fingerprint density at radius 2 is 2.25 bits per heavy atom. The average Bonchev–Trinajstić information content (AvgIpc) is 3.08. The Hall–Kier alpha value is -1.28. The summed E-state index contributed by atoms with van der Waals surface area (Å²) in [6.07, 6.45) is 8.25. The third-order valence-corrected chi connectivity index (χ3v) is 4.65. The van der Waals surface area contributed by atoms with Gasteiger partial charge in [-0.25, -0.2) is 4.98 Å². The number of hydrogen-bond acceptors (Lipinski definition) is 6. The van der Waals surface area contributed by atoms with Crippen molar-refractivity contribution in [2.45, 2.75) is 31.3 Å². The van der Waals surface area contributed by atoms with Crippen LogP contribution in [-0.2, 0) is 4.74 Å². The highest BCUT2D eigenvalue weighted by atomic mass is 35.5. The molecule has 1 amide bonds. The molecular formula is C16H26ClN5O2. The zero-order valence-electron chi connectivity index (χ0n) is 13.7. The van der Waals surface area contributed by atoms with Crippen molar-refractivity contribution in [3.05, 3.63) is 24.3 Å². The van der Waals surface area contributed by atoms with Gasteiger partial charge in [-0.1, -0.05) is 6.42 Å². The van der Waals surface area contributed by atoms with Gasteiger partial charge < -0.3 is 20.7 Å². The van der Waals surface area contributed by atoms with Gasteiger partial charge in [0.05, 0.1) is 19.4 Å². The molecule has 1 aromatic rings. The molecule has 0 bridgehead atoms. The number of amides is 1. The Kier molecular flexibility index (Phi) is 7.84. The maximum absolute atomic E-state index is 11.9. The molecule has 1 aromatic heterocycles. The van der Waals surface area contributed by atoms with Gasteiger partial charge in [0.15, 0.2) is 0 Å². The number of carbonyl (C=O) groups excluding carboxylic acids is 1. The molecule has 0 spiro atoms. The fourth-order valence-electron chi connectivity index (χ4n) is 3.52. The summed E-state index contributed by atoms with van der Waals surface area (Å²) in [7, 11) is 0. The summed E-state index contributed by atoms with van der Waals surface area (Å²) in [5, 5.41) is 10.0. The van der Waals surface area contributed by atoms with Crippen LogP contribution in [0.25, 0.3) is 0 Å². The van der Waals surface area contributed by atoms with E-state index in [1.807, 2.05) is 0 Å². The molecule has 134 valence electrons. The molecule has 0 aromatic carbocycles. The van der Waals surface area contributed by atoms with Crippen molar-refractivity contribution in [3.8, 4) is 0 Å². The molecule has 2 heterocycles. The first-order valence-corrected chi connectivity index (χ1v) is 8.43. The third kappa shape index (κ3) is 5.11. The van der Waals surface area contributed by atoms with E-state index in [9.17, 15) is 4.79 Å². The molecule has 1 saturated carbocycles. The number of aromatic nitrogens is 2. The molecule has 2 fully saturated rings. The summed E-state index contributed by atoms with van der Waals surface area (Å²) in [5.74, 6) is 0.441. The first-order valence-electron chi connectivity index (χ1n) is 8.43. The Bertz CT molecular complexity index is 499. The molecule has 1 aliphatic carbocycles. The van der Waals surface area contributed by atoms with Crippen molar-refractivity contribution in [2.75, 3.05) is 32.8 Å². The van der Waals surface area contributed by atoms with Gasteiger partial charge in [0, 0.05) is 44.1 Å². The Balaban J connectivity index is 0.00000208. The monoisotopic (exact) mass is 355 g/mol. The minimum absolute atomic E-state index is 0. The number of morpholine rings is 1. The van der Waals surface area contributed by atoms with Crippen LogP contribution in [0.2, 0.25) is 0 Å².